The van der Waals surface area contributed by atoms with Crippen molar-refractivity contribution in [1.29, 1.82) is 0 Å². The third kappa shape index (κ3) is 7.41. The van der Waals surface area contributed by atoms with Gasteiger partial charge in [-0.1, -0.05) is 42.5 Å². The molecule has 0 aliphatic carbocycles. The predicted octanol–water partition coefficient (Wildman–Crippen LogP) is 3.44. The zero-order chi connectivity index (χ0) is 17.4. The standard InChI is InChI=1S/C19H26N4O.HI/c1-23(2)13-16-8-6-7-15(11-16)12-21-19(20)22-18-10-5-4-9-17(18)14-24-3;/h4-11H,12-14H2,1-3H3,(H3,20,21,22);1H. The smallest absolute Gasteiger partial charge is 0.193 e. The molecule has 0 saturated heterocycles. The molecule has 0 amide bonds. The molecule has 0 radical (unpaired) electrons. The van der Waals surface area contributed by atoms with E-state index in [-0.39, 0.29) is 24.0 Å². The zero-order valence-electron chi connectivity index (χ0n) is 15.0. The van der Waals surface area contributed by atoms with Crippen LogP contribution in [0.1, 0.15) is 16.7 Å². The van der Waals surface area contributed by atoms with Gasteiger partial charge < -0.3 is 20.7 Å². The van der Waals surface area contributed by atoms with Crippen LogP contribution >= 0.6 is 24.0 Å². The number of rotatable bonds is 7. The number of benzene rings is 2. The molecule has 0 aliphatic rings. The second-order valence-electron chi connectivity index (χ2n) is 5.97. The fourth-order valence-electron chi connectivity index (χ4n) is 2.47. The maximum absolute atomic E-state index is 6.03. The van der Waals surface area contributed by atoms with E-state index < -0.39 is 0 Å². The van der Waals surface area contributed by atoms with Crippen LogP contribution in [-0.4, -0.2) is 32.1 Å². The molecule has 0 spiro atoms. The van der Waals surface area contributed by atoms with Gasteiger partial charge in [0.1, 0.15) is 0 Å². The lowest BCUT2D eigenvalue weighted by Crippen LogP contribution is -2.23. The van der Waals surface area contributed by atoms with Crippen molar-refractivity contribution in [3.8, 4) is 0 Å². The number of nitrogens with two attached hydrogens (primary N) is 1. The normalized spacial score (nSPS) is 11.3. The Hall–Kier alpha value is -1.64. The summed E-state index contributed by atoms with van der Waals surface area (Å²) in [5, 5.41) is 3.15. The van der Waals surface area contributed by atoms with E-state index in [9.17, 15) is 0 Å². The van der Waals surface area contributed by atoms with Gasteiger partial charge in [-0.15, -0.1) is 24.0 Å². The molecule has 0 unspecified atom stereocenters. The fourth-order valence-corrected chi connectivity index (χ4v) is 2.47. The molecular weight excluding hydrogens is 427 g/mol. The highest BCUT2D eigenvalue weighted by molar-refractivity contribution is 14.0. The number of ether oxygens (including phenoxy) is 1. The number of hydrogen-bond acceptors (Lipinski definition) is 3. The number of nitrogens with one attached hydrogen (secondary N) is 1. The quantitative estimate of drug-likeness (QED) is 0.382. The minimum atomic E-state index is 0. The molecule has 0 bridgehead atoms. The Kier molecular flexibility index (Phi) is 9.48. The fraction of sp³-hybridized carbons (Fsp3) is 0.316. The number of hydrogen-bond donors (Lipinski definition) is 2. The second-order valence-corrected chi connectivity index (χ2v) is 5.97. The number of nitrogens with zero attached hydrogens (tertiary/aromatic N) is 2. The van der Waals surface area contributed by atoms with Crippen molar-refractivity contribution in [3.05, 3.63) is 65.2 Å². The summed E-state index contributed by atoms with van der Waals surface area (Å²) in [6.45, 7) is 1.99. The topological polar surface area (TPSA) is 62.9 Å². The van der Waals surface area contributed by atoms with E-state index in [1.54, 1.807) is 7.11 Å². The molecule has 0 fully saturated rings. The number of methoxy groups -OCH3 is 1. The molecule has 6 heteroatoms. The van der Waals surface area contributed by atoms with Crippen LogP contribution in [0.4, 0.5) is 5.69 Å². The molecule has 0 heterocycles. The van der Waals surface area contributed by atoms with Gasteiger partial charge in [0.05, 0.1) is 13.2 Å². The largest absolute Gasteiger partial charge is 0.380 e. The summed E-state index contributed by atoms with van der Waals surface area (Å²) >= 11 is 0. The Morgan fingerprint density at radius 2 is 1.84 bits per heavy atom. The first kappa shape index (κ1) is 21.4. The lowest BCUT2D eigenvalue weighted by atomic mass is 10.1. The first-order valence-corrected chi connectivity index (χ1v) is 7.95. The summed E-state index contributed by atoms with van der Waals surface area (Å²) in [4.78, 5) is 6.58. The average molecular weight is 454 g/mol. The van der Waals surface area contributed by atoms with Crippen LogP contribution in [0, 0.1) is 0 Å². The van der Waals surface area contributed by atoms with Gasteiger partial charge in [0.15, 0.2) is 5.96 Å². The van der Waals surface area contributed by atoms with Crippen LogP contribution in [0.25, 0.3) is 0 Å². The van der Waals surface area contributed by atoms with Crippen molar-refractivity contribution in [1.82, 2.24) is 4.90 Å². The van der Waals surface area contributed by atoms with Gasteiger partial charge in [-0.3, -0.25) is 0 Å². The lowest BCUT2D eigenvalue weighted by molar-refractivity contribution is 0.185. The van der Waals surface area contributed by atoms with Gasteiger partial charge in [-0.25, -0.2) is 4.99 Å². The molecule has 5 nitrogen and oxygen atoms in total. The second kappa shape index (κ2) is 11.1. The predicted molar refractivity (Wildman–Crippen MR) is 115 cm³/mol. The van der Waals surface area contributed by atoms with Crippen LogP contribution < -0.4 is 11.1 Å². The monoisotopic (exact) mass is 454 g/mol. The van der Waals surface area contributed by atoms with Gasteiger partial charge >= 0.3 is 0 Å². The Labute approximate surface area is 167 Å². The Morgan fingerprint density at radius 3 is 2.56 bits per heavy atom. The molecule has 3 N–H and O–H groups in total. The highest BCUT2D eigenvalue weighted by Gasteiger charge is 2.03. The minimum Gasteiger partial charge on any atom is -0.380 e. The van der Waals surface area contributed by atoms with E-state index in [0.29, 0.717) is 19.1 Å². The van der Waals surface area contributed by atoms with E-state index >= 15 is 0 Å². The summed E-state index contributed by atoms with van der Waals surface area (Å²) in [5.74, 6) is 0.400. The number of para-hydroxylation sites is 1. The van der Waals surface area contributed by atoms with Gasteiger partial charge in [0.2, 0.25) is 0 Å². The van der Waals surface area contributed by atoms with Gasteiger partial charge in [-0.2, -0.15) is 0 Å². The van der Waals surface area contributed by atoms with Gasteiger partial charge in [0.25, 0.3) is 0 Å². The molecule has 25 heavy (non-hydrogen) atoms. The SMILES string of the molecule is COCc1ccccc1NC(N)=NCc1cccc(CN(C)C)c1.I. The molecule has 0 aromatic heterocycles. The Morgan fingerprint density at radius 1 is 1.12 bits per heavy atom. The van der Waals surface area contributed by atoms with E-state index in [1.807, 2.05) is 24.3 Å². The van der Waals surface area contributed by atoms with Crippen LogP contribution in [0.5, 0.6) is 0 Å². The average Bonchev–Trinajstić information content (AvgIpc) is 2.55. The van der Waals surface area contributed by atoms with Crippen molar-refractivity contribution < 1.29 is 4.74 Å². The zero-order valence-corrected chi connectivity index (χ0v) is 17.4. The van der Waals surface area contributed by atoms with Crippen LogP contribution in [0.3, 0.4) is 0 Å². The third-order valence-electron chi connectivity index (χ3n) is 3.50. The summed E-state index contributed by atoms with van der Waals surface area (Å²) < 4.78 is 5.20. The maximum Gasteiger partial charge on any atom is 0.193 e. The van der Waals surface area contributed by atoms with Gasteiger partial charge in [0, 0.05) is 24.9 Å². The van der Waals surface area contributed by atoms with Gasteiger partial charge in [-0.05, 0) is 31.3 Å². The number of guanidine groups is 1. The van der Waals surface area contributed by atoms with Crippen molar-refractivity contribution >= 4 is 35.6 Å². The van der Waals surface area contributed by atoms with Crippen molar-refractivity contribution in [2.75, 3.05) is 26.5 Å². The van der Waals surface area contributed by atoms with E-state index in [0.717, 1.165) is 23.4 Å². The highest BCUT2D eigenvalue weighted by Crippen LogP contribution is 2.15. The Balaban J connectivity index is 0.00000312. The third-order valence-corrected chi connectivity index (χ3v) is 3.50. The van der Waals surface area contributed by atoms with Crippen LogP contribution in [0.15, 0.2) is 53.5 Å². The first-order valence-electron chi connectivity index (χ1n) is 7.95. The number of anilines is 1. The van der Waals surface area contributed by atoms with Crippen molar-refractivity contribution in [2.24, 2.45) is 10.7 Å². The Bertz CT molecular complexity index is 689. The number of halogens is 1. The molecule has 136 valence electrons. The molecule has 2 rings (SSSR count). The lowest BCUT2D eigenvalue weighted by Gasteiger charge is -2.12. The van der Waals surface area contributed by atoms with Crippen molar-refractivity contribution in [3.63, 3.8) is 0 Å². The molecule has 0 atom stereocenters. The molecule has 2 aromatic carbocycles. The van der Waals surface area contributed by atoms with Crippen molar-refractivity contribution in [2.45, 2.75) is 19.7 Å². The molecule has 0 aliphatic heterocycles. The van der Waals surface area contributed by atoms with Crippen LogP contribution in [0.2, 0.25) is 0 Å². The maximum atomic E-state index is 6.03. The minimum absolute atomic E-state index is 0. The molecule has 2 aromatic rings. The summed E-state index contributed by atoms with van der Waals surface area (Å²) in [7, 11) is 5.79. The first-order chi connectivity index (χ1) is 11.6. The molecule has 0 saturated carbocycles. The molecular formula is C19H27IN4O. The summed E-state index contributed by atoms with van der Waals surface area (Å²) in [5.41, 5.74) is 10.4. The van der Waals surface area contributed by atoms with E-state index in [4.69, 9.17) is 10.5 Å². The summed E-state index contributed by atoms with van der Waals surface area (Å²) in [6, 6.07) is 16.3. The van der Waals surface area contributed by atoms with Crippen LogP contribution in [-0.2, 0) is 24.4 Å². The van der Waals surface area contributed by atoms with E-state index in [1.165, 1.54) is 5.56 Å². The summed E-state index contributed by atoms with van der Waals surface area (Å²) in [6.07, 6.45) is 0. The highest BCUT2D eigenvalue weighted by atomic mass is 127. The number of aliphatic imine (C=N–C) groups is 1. The van der Waals surface area contributed by atoms with E-state index in [2.05, 4.69) is 53.6 Å².